The van der Waals surface area contributed by atoms with Crippen LogP contribution in [0.5, 0.6) is 0 Å². The fraction of sp³-hybridized carbons (Fsp3) is 0.938. The fourth-order valence-electron chi connectivity index (χ4n) is 3.46. The molecule has 0 aromatic carbocycles. The summed E-state index contributed by atoms with van der Waals surface area (Å²) in [6.07, 6.45) is -0.945. The van der Waals surface area contributed by atoms with Crippen molar-refractivity contribution in [3.05, 3.63) is 0 Å². The van der Waals surface area contributed by atoms with E-state index in [-0.39, 0.29) is 49.7 Å². The predicted molar refractivity (Wildman–Crippen MR) is 97.8 cm³/mol. The second-order valence-corrected chi connectivity index (χ2v) is 7.01. The van der Waals surface area contributed by atoms with Gasteiger partial charge in [-0.15, -0.1) is 24.8 Å². The fourth-order valence-corrected chi connectivity index (χ4v) is 3.46. The molecule has 0 saturated carbocycles. The molecule has 4 nitrogen and oxygen atoms in total. The largest absolute Gasteiger partial charge is 0.340 e. The summed E-state index contributed by atoms with van der Waals surface area (Å²) >= 11 is 0. The van der Waals surface area contributed by atoms with Crippen LogP contribution in [-0.2, 0) is 4.79 Å². The second kappa shape index (κ2) is 11.5. The molecule has 2 aliphatic heterocycles. The molecule has 0 aromatic rings. The normalized spacial score (nSPS) is 23.2. The molecule has 2 fully saturated rings. The molecule has 2 unspecified atom stereocenters. The number of carbonyl (C=O) groups excluding carboxylic acids is 1. The molecular formula is C16H29Cl2F4N3O. The number of halogens is 6. The van der Waals surface area contributed by atoms with Crippen molar-refractivity contribution in [1.29, 1.82) is 0 Å². The Balaban J connectivity index is 0.00000312. The van der Waals surface area contributed by atoms with Gasteiger partial charge in [-0.05, 0) is 37.8 Å². The number of hydrogen-bond acceptors (Lipinski definition) is 3. The third kappa shape index (κ3) is 7.37. The summed E-state index contributed by atoms with van der Waals surface area (Å²) in [7, 11) is 0. The number of amides is 1. The van der Waals surface area contributed by atoms with Crippen molar-refractivity contribution in [3.63, 3.8) is 0 Å². The first-order valence-corrected chi connectivity index (χ1v) is 8.66. The van der Waals surface area contributed by atoms with E-state index in [0.717, 1.165) is 25.9 Å². The van der Waals surface area contributed by atoms with Crippen LogP contribution in [0.15, 0.2) is 0 Å². The van der Waals surface area contributed by atoms with E-state index in [2.05, 4.69) is 12.2 Å². The SMILES string of the molecule is CC(CC(=O)N1CCN(CC(F)(F)C(F)F)CC1)C1CCCNC1.Cl.Cl. The van der Waals surface area contributed by atoms with Gasteiger partial charge < -0.3 is 10.2 Å². The van der Waals surface area contributed by atoms with Gasteiger partial charge in [0.05, 0.1) is 6.54 Å². The Labute approximate surface area is 164 Å². The lowest BCUT2D eigenvalue weighted by Crippen LogP contribution is -2.53. The maximum atomic E-state index is 13.1. The van der Waals surface area contributed by atoms with E-state index < -0.39 is 18.9 Å². The van der Waals surface area contributed by atoms with Crippen molar-refractivity contribution < 1.29 is 22.4 Å². The highest BCUT2D eigenvalue weighted by molar-refractivity contribution is 5.85. The van der Waals surface area contributed by atoms with Gasteiger partial charge in [0.2, 0.25) is 5.91 Å². The van der Waals surface area contributed by atoms with Gasteiger partial charge in [0.15, 0.2) is 0 Å². The van der Waals surface area contributed by atoms with E-state index in [1.165, 1.54) is 4.90 Å². The molecule has 2 atom stereocenters. The topological polar surface area (TPSA) is 35.6 Å². The molecule has 2 rings (SSSR count). The van der Waals surface area contributed by atoms with Gasteiger partial charge in [-0.2, -0.15) is 8.78 Å². The molecule has 0 aromatic heterocycles. The van der Waals surface area contributed by atoms with E-state index in [9.17, 15) is 22.4 Å². The number of nitrogens with one attached hydrogen (secondary N) is 1. The molecule has 1 N–H and O–H groups in total. The zero-order valence-electron chi connectivity index (χ0n) is 14.9. The molecule has 26 heavy (non-hydrogen) atoms. The highest BCUT2D eigenvalue weighted by Gasteiger charge is 2.42. The van der Waals surface area contributed by atoms with Crippen molar-refractivity contribution in [2.75, 3.05) is 45.8 Å². The monoisotopic (exact) mass is 425 g/mol. The van der Waals surface area contributed by atoms with Crippen LogP contribution in [0.1, 0.15) is 26.2 Å². The standard InChI is InChI=1S/C16H27F4N3O.2ClH/c1-12(13-3-2-4-21-10-13)9-14(24)23-7-5-22(6-8-23)11-16(19,20)15(17)18;;/h12-13,15,21H,2-11H2,1H3;2*1H. The highest BCUT2D eigenvalue weighted by atomic mass is 35.5. The van der Waals surface area contributed by atoms with Crippen LogP contribution in [0, 0.1) is 11.8 Å². The summed E-state index contributed by atoms with van der Waals surface area (Å²) < 4.78 is 50.7. The Kier molecular flexibility index (Phi) is 11.4. The molecule has 2 aliphatic rings. The Morgan fingerprint density at radius 2 is 1.81 bits per heavy atom. The molecule has 0 bridgehead atoms. The smallest absolute Gasteiger partial charge is 0.319 e. The van der Waals surface area contributed by atoms with Gasteiger partial charge in [-0.1, -0.05) is 6.92 Å². The van der Waals surface area contributed by atoms with Gasteiger partial charge in [0.1, 0.15) is 0 Å². The van der Waals surface area contributed by atoms with Gasteiger partial charge >= 0.3 is 12.3 Å². The minimum absolute atomic E-state index is 0. The quantitative estimate of drug-likeness (QED) is 0.664. The Bertz CT molecular complexity index is 418. The number of carbonyl (C=O) groups is 1. The molecule has 156 valence electrons. The summed E-state index contributed by atoms with van der Waals surface area (Å²) in [6.45, 7) is 4.18. The average Bonchev–Trinajstić information content (AvgIpc) is 2.55. The van der Waals surface area contributed by atoms with Crippen molar-refractivity contribution in [3.8, 4) is 0 Å². The van der Waals surface area contributed by atoms with E-state index in [1.807, 2.05) is 0 Å². The second-order valence-electron chi connectivity index (χ2n) is 7.01. The molecule has 1 amide bonds. The van der Waals surface area contributed by atoms with E-state index >= 15 is 0 Å². The molecule has 0 spiro atoms. The molecule has 10 heteroatoms. The number of alkyl halides is 4. The Hall–Kier alpha value is -0.310. The molecule has 2 heterocycles. The van der Waals surface area contributed by atoms with Crippen molar-refractivity contribution >= 4 is 30.7 Å². The summed E-state index contributed by atoms with van der Waals surface area (Å²) in [6, 6.07) is 0. The zero-order chi connectivity index (χ0) is 17.7. The predicted octanol–water partition coefficient (Wildman–Crippen LogP) is 2.90. The van der Waals surface area contributed by atoms with Crippen LogP contribution < -0.4 is 5.32 Å². The summed E-state index contributed by atoms with van der Waals surface area (Å²) in [5.74, 6) is -3.18. The third-order valence-corrected chi connectivity index (χ3v) is 5.12. The summed E-state index contributed by atoms with van der Waals surface area (Å²) in [5, 5.41) is 3.34. The van der Waals surface area contributed by atoms with Gasteiger partial charge in [-0.3, -0.25) is 9.69 Å². The minimum atomic E-state index is -3.99. The number of hydrogen-bond donors (Lipinski definition) is 1. The zero-order valence-corrected chi connectivity index (χ0v) is 16.6. The summed E-state index contributed by atoms with van der Waals surface area (Å²) in [4.78, 5) is 15.4. The lowest BCUT2D eigenvalue weighted by molar-refractivity contribution is -0.148. The lowest BCUT2D eigenvalue weighted by Gasteiger charge is -2.37. The van der Waals surface area contributed by atoms with Crippen molar-refractivity contribution in [1.82, 2.24) is 15.1 Å². The minimum Gasteiger partial charge on any atom is -0.340 e. The molecule has 0 radical (unpaired) electrons. The van der Waals surface area contributed by atoms with Crippen molar-refractivity contribution in [2.45, 2.75) is 38.5 Å². The highest BCUT2D eigenvalue weighted by Crippen LogP contribution is 2.25. The van der Waals surface area contributed by atoms with E-state index in [0.29, 0.717) is 25.4 Å². The van der Waals surface area contributed by atoms with Crippen LogP contribution in [-0.4, -0.2) is 73.9 Å². The average molecular weight is 426 g/mol. The summed E-state index contributed by atoms with van der Waals surface area (Å²) in [5.41, 5.74) is 0. The van der Waals surface area contributed by atoms with Crippen LogP contribution in [0.3, 0.4) is 0 Å². The van der Waals surface area contributed by atoms with Crippen LogP contribution in [0.4, 0.5) is 17.6 Å². The van der Waals surface area contributed by atoms with Crippen LogP contribution in [0.2, 0.25) is 0 Å². The van der Waals surface area contributed by atoms with Gasteiger partial charge in [-0.25, -0.2) is 8.78 Å². The van der Waals surface area contributed by atoms with Gasteiger partial charge in [0.25, 0.3) is 0 Å². The lowest BCUT2D eigenvalue weighted by atomic mass is 9.85. The van der Waals surface area contributed by atoms with E-state index in [1.54, 1.807) is 4.90 Å². The maximum Gasteiger partial charge on any atom is 0.319 e. The number of nitrogens with zero attached hydrogens (tertiary/aromatic N) is 2. The van der Waals surface area contributed by atoms with E-state index in [4.69, 9.17) is 0 Å². The first-order valence-electron chi connectivity index (χ1n) is 8.66. The van der Waals surface area contributed by atoms with Crippen molar-refractivity contribution in [2.24, 2.45) is 11.8 Å². The van der Waals surface area contributed by atoms with Crippen LogP contribution in [0.25, 0.3) is 0 Å². The first kappa shape index (κ1) is 25.7. The molecule has 2 saturated heterocycles. The van der Waals surface area contributed by atoms with Gasteiger partial charge in [0, 0.05) is 32.6 Å². The number of piperazine rings is 1. The first-order chi connectivity index (χ1) is 11.3. The molecule has 0 aliphatic carbocycles. The Morgan fingerprint density at radius 3 is 2.31 bits per heavy atom. The van der Waals surface area contributed by atoms with Crippen LogP contribution >= 0.6 is 24.8 Å². The number of piperidine rings is 1. The molecular weight excluding hydrogens is 397 g/mol. The Morgan fingerprint density at radius 1 is 1.19 bits per heavy atom. The number of rotatable bonds is 6. The third-order valence-electron chi connectivity index (χ3n) is 5.12. The maximum absolute atomic E-state index is 13.1.